The molecule has 9 heteroatoms. The predicted octanol–water partition coefficient (Wildman–Crippen LogP) is 1.98. The highest BCUT2D eigenvalue weighted by molar-refractivity contribution is 6.05. The van der Waals surface area contributed by atoms with Crippen molar-refractivity contribution in [1.82, 2.24) is 20.4 Å². The van der Waals surface area contributed by atoms with Gasteiger partial charge in [0.15, 0.2) is 0 Å². The molecule has 1 saturated heterocycles. The van der Waals surface area contributed by atoms with Crippen molar-refractivity contribution in [3.8, 4) is 0 Å². The maximum atomic E-state index is 13.0. The van der Waals surface area contributed by atoms with E-state index in [9.17, 15) is 19.2 Å². The SMILES string of the molecule is CC(C)(C)OC(=O)NC1CCN(C(=O)CNC(=O)C2c3ccccc3C(=O)N2C2CC2)CC1. The molecule has 2 heterocycles. The molecule has 0 radical (unpaired) electrons. The zero-order valence-electron chi connectivity index (χ0n) is 19.4. The molecule has 2 N–H and O–H groups in total. The summed E-state index contributed by atoms with van der Waals surface area (Å²) >= 11 is 0. The lowest BCUT2D eigenvalue weighted by molar-refractivity contribution is -0.134. The molecule has 0 bridgehead atoms. The van der Waals surface area contributed by atoms with Crippen molar-refractivity contribution in [1.29, 1.82) is 0 Å². The van der Waals surface area contributed by atoms with Crippen LogP contribution >= 0.6 is 0 Å². The minimum Gasteiger partial charge on any atom is -0.444 e. The Kier molecular flexibility index (Phi) is 6.32. The predicted molar refractivity (Wildman–Crippen MR) is 120 cm³/mol. The Bertz CT molecular complexity index is 944. The summed E-state index contributed by atoms with van der Waals surface area (Å²) < 4.78 is 5.28. The van der Waals surface area contributed by atoms with Crippen LogP contribution in [0, 0.1) is 0 Å². The van der Waals surface area contributed by atoms with Crippen molar-refractivity contribution < 1.29 is 23.9 Å². The lowest BCUT2D eigenvalue weighted by Crippen LogP contribution is -2.50. The molecule has 4 amide bonds. The largest absolute Gasteiger partial charge is 0.444 e. The molecule has 1 aromatic carbocycles. The normalized spacial score (nSPS) is 20.9. The lowest BCUT2D eigenvalue weighted by atomic mass is 10.0. The first kappa shape index (κ1) is 23.1. The number of nitrogens with one attached hydrogen (secondary N) is 2. The molecular weight excluding hydrogens is 424 g/mol. The second-order valence-electron chi connectivity index (χ2n) is 9.95. The van der Waals surface area contributed by atoms with Gasteiger partial charge in [0.25, 0.3) is 5.91 Å². The molecule has 1 aliphatic carbocycles. The molecule has 1 saturated carbocycles. The third-order valence-electron chi connectivity index (χ3n) is 6.17. The maximum Gasteiger partial charge on any atom is 0.407 e. The molecule has 1 atom stereocenters. The van der Waals surface area contributed by atoms with E-state index in [0.717, 1.165) is 12.8 Å². The summed E-state index contributed by atoms with van der Waals surface area (Å²) in [5, 5.41) is 5.60. The van der Waals surface area contributed by atoms with Gasteiger partial charge in [-0.05, 0) is 58.1 Å². The van der Waals surface area contributed by atoms with Crippen LogP contribution in [0.3, 0.4) is 0 Å². The van der Waals surface area contributed by atoms with E-state index in [4.69, 9.17) is 4.74 Å². The van der Waals surface area contributed by atoms with E-state index >= 15 is 0 Å². The molecule has 2 aliphatic heterocycles. The molecule has 0 aromatic heterocycles. The number of fused-ring (bicyclic) bond motifs is 1. The van der Waals surface area contributed by atoms with Gasteiger partial charge >= 0.3 is 6.09 Å². The van der Waals surface area contributed by atoms with E-state index in [-0.39, 0.29) is 36.3 Å². The van der Waals surface area contributed by atoms with Crippen LogP contribution in [-0.4, -0.2) is 70.9 Å². The third-order valence-corrected chi connectivity index (χ3v) is 6.17. The lowest BCUT2D eigenvalue weighted by Gasteiger charge is -2.33. The van der Waals surface area contributed by atoms with Crippen LogP contribution in [0.1, 0.15) is 68.4 Å². The standard InChI is InChI=1S/C24H32N4O5/c1-24(2,3)33-23(32)26-15-10-12-27(13-11-15)19(29)14-25-21(30)20-17-6-4-5-7-18(17)22(31)28(20)16-8-9-16/h4-7,15-16,20H,8-14H2,1-3H3,(H,25,30)(H,26,32). The summed E-state index contributed by atoms with van der Waals surface area (Å²) in [6.07, 6.45) is 2.59. The number of piperidine rings is 1. The van der Waals surface area contributed by atoms with Gasteiger partial charge < -0.3 is 25.2 Å². The number of benzene rings is 1. The van der Waals surface area contributed by atoms with Crippen molar-refractivity contribution in [3.05, 3.63) is 35.4 Å². The number of ether oxygens (including phenoxy) is 1. The maximum absolute atomic E-state index is 13.0. The fraction of sp³-hybridized carbons (Fsp3) is 0.583. The Hall–Kier alpha value is -3.10. The number of amides is 4. The summed E-state index contributed by atoms with van der Waals surface area (Å²) in [6, 6.07) is 6.54. The molecule has 9 nitrogen and oxygen atoms in total. The number of carbonyl (C=O) groups excluding carboxylic acids is 4. The van der Waals surface area contributed by atoms with E-state index in [1.165, 1.54) is 0 Å². The highest BCUT2D eigenvalue weighted by Gasteiger charge is 2.47. The number of nitrogens with zero attached hydrogens (tertiary/aromatic N) is 2. The quantitative estimate of drug-likeness (QED) is 0.704. The van der Waals surface area contributed by atoms with Gasteiger partial charge in [0.2, 0.25) is 11.8 Å². The van der Waals surface area contributed by atoms with E-state index in [1.54, 1.807) is 21.9 Å². The highest BCUT2D eigenvalue weighted by Crippen LogP contribution is 2.41. The smallest absolute Gasteiger partial charge is 0.407 e. The van der Waals surface area contributed by atoms with Crippen LogP contribution in [0.5, 0.6) is 0 Å². The van der Waals surface area contributed by atoms with Crippen molar-refractivity contribution in [2.75, 3.05) is 19.6 Å². The Balaban J connectivity index is 1.28. The van der Waals surface area contributed by atoms with E-state index in [2.05, 4.69) is 10.6 Å². The minimum absolute atomic E-state index is 0.0495. The molecule has 178 valence electrons. The summed E-state index contributed by atoms with van der Waals surface area (Å²) in [7, 11) is 0. The van der Waals surface area contributed by atoms with Crippen molar-refractivity contribution in [3.63, 3.8) is 0 Å². The van der Waals surface area contributed by atoms with Gasteiger partial charge in [-0.2, -0.15) is 0 Å². The average molecular weight is 457 g/mol. The molecule has 1 unspecified atom stereocenters. The fourth-order valence-corrected chi connectivity index (χ4v) is 4.45. The number of alkyl carbamates (subject to hydrolysis) is 1. The average Bonchev–Trinajstić information content (AvgIpc) is 3.55. The molecule has 3 aliphatic rings. The van der Waals surface area contributed by atoms with Crippen LogP contribution in [0.15, 0.2) is 24.3 Å². The zero-order valence-corrected chi connectivity index (χ0v) is 19.4. The molecule has 1 aromatic rings. The van der Waals surface area contributed by atoms with Crippen LogP contribution in [-0.2, 0) is 14.3 Å². The van der Waals surface area contributed by atoms with Gasteiger partial charge in [0, 0.05) is 30.7 Å². The highest BCUT2D eigenvalue weighted by atomic mass is 16.6. The van der Waals surface area contributed by atoms with E-state index < -0.39 is 17.7 Å². The monoisotopic (exact) mass is 456 g/mol. The van der Waals surface area contributed by atoms with Crippen LogP contribution in [0.25, 0.3) is 0 Å². The Labute approximate surface area is 193 Å². The third kappa shape index (κ3) is 5.29. The molecular formula is C24H32N4O5. The molecule has 4 rings (SSSR count). The molecule has 33 heavy (non-hydrogen) atoms. The summed E-state index contributed by atoms with van der Waals surface area (Å²) in [4.78, 5) is 53.8. The van der Waals surface area contributed by atoms with Crippen LogP contribution in [0.2, 0.25) is 0 Å². The summed E-state index contributed by atoms with van der Waals surface area (Å²) in [5.41, 5.74) is 0.710. The van der Waals surface area contributed by atoms with Crippen LogP contribution < -0.4 is 10.6 Å². The first-order valence-electron chi connectivity index (χ1n) is 11.6. The Morgan fingerprint density at radius 3 is 2.36 bits per heavy atom. The van der Waals surface area contributed by atoms with Crippen molar-refractivity contribution >= 4 is 23.8 Å². The van der Waals surface area contributed by atoms with E-state index in [0.29, 0.717) is 37.1 Å². The van der Waals surface area contributed by atoms with Gasteiger partial charge in [-0.3, -0.25) is 14.4 Å². The number of carbonyl (C=O) groups is 4. The minimum atomic E-state index is -0.683. The summed E-state index contributed by atoms with van der Waals surface area (Å²) in [6.45, 7) is 6.31. The van der Waals surface area contributed by atoms with Gasteiger partial charge in [-0.15, -0.1) is 0 Å². The second-order valence-corrected chi connectivity index (χ2v) is 9.95. The molecule has 0 spiro atoms. The topological polar surface area (TPSA) is 108 Å². The Morgan fingerprint density at radius 2 is 1.73 bits per heavy atom. The van der Waals surface area contributed by atoms with Gasteiger partial charge in [-0.1, -0.05) is 18.2 Å². The van der Waals surface area contributed by atoms with E-state index in [1.807, 2.05) is 32.9 Å². The second kappa shape index (κ2) is 9.03. The van der Waals surface area contributed by atoms with Gasteiger partial charge in [0.1, 0.15) is 11.6 Å². The number of hydrogen-bond acceptors (Lipinski definition) is 5. The van der Waals surface area contributed by atoms with Crippen LogP contribution in [0.4, 0.5) is 4.79 Å². The van der Waals surface area contributed by atoms with Gasteiger partial charge in [-0.25, -0.2) is 4.79 Å². The van der Waals surface area contributed by atoms with Crippen molar-refractivity contribution in [2.45, 2.75) is 70.2 Å². The Morgan fingerprint density at radius 1 is 1.06 bits per heavy atom. The number of rotatable bonds is 5. The van der Waals surface area contributed by atoms with Gasteiger partial charge in [0.05, 0.1) is 6.54 Å². The number of hydrogen-bond donors (Lipinski definition) is 2. The molecule has 2 fully saturated rings. The number of likely N-dealkylation sites (tertiary alicyclic amines) is 1. The first-order valence-corrected chi connectivity index (χ1v) is 11.6. The zero-order chi connectivity index (χ0) is 23.8. The fourth-order valence-electron chi connectivity index (χ4n) is 4.45. The first-order chi connectivity index (χ1) is 15.6. The van der Waals surface area contributed by atoms with Crippen molar-refractivity contribution in [2.24, 2.45) is 0 Å². The summed E-state index contributed by atoms with van der Waals surface area (Å²) in [5.74, 6) is -0.608.